The zero-order chi connectivity index (χ0) is 28.9. The topological polar surface area (TPSA) is 117 Å². The molecule has 0 aromatic carbocycles. The fourth-order valence-electron chi connectivity index (χ4n) is 9.45. The highest BCUT2D eigenvalue weighted by molar-refractivity contribution is 5.96. The summed E-state index contributed by atoms with van der Waals surface area (Å²) in [6.45, 7) is 11.2. The van der Waals surface area contributed by atoms with Crippen molar-refractivity contribution < 1.29 is 29.4 Å². The maximum Gasteiger partial charge on any atom is 0.305 e. The van der Waals surface area contributed by atoms with Crippen molar-refractivity contribution >= 4 is 17.6 Å². The fourth-order valence-corrected chi connectivity index (χ4v) is 9.45. The highest BCUT2D eigenvalue weighted by Crippen LogP contribution is 2.67. The maximum absolute atomic E-state index is 12.7. The Morgan fingerprint density at radius 1 is 1.07 bits per heavy atom. The Labute approximate surface area is 239 Å². The lowest BCUT2D eigenvalue weighted by Crippen LogP contribution is -2.53. The third-order valence-electron chi connectivity index (χ3n) is 12.0. The number of hydrogen-bond donors (Lipinski definition) is 3. The molecule has 8 atom stereocenters. The summed E-state index contributed by atoms with van der Waals surface area (Å²) < 4.78 is 5.77. The Morgan fingerprint density at radius 2 is 1.82 bits per heavy atom. The quantitative estimate of drug-likeness (QED) is 0.368. The molecule has 224 valence electrons. The highest BCUT2D eigenvalue weighted by atomic mass is 16.6. The first-order valence-electron chi connectivity index (χ1n) is 15.5. The number of amides is 1. The number of fused-ring (bicyclic) bond motifs is 5. The molecular formula is C32H50N2O6. The molecule has 0 unspecified atom stereocenters. The number of nitrogens with one attached hydrogen (secondary N) is 1. The Hall–Kier alpha value is -1.93. The van der Waals surface area contributed by atoms with Gasteiger partial charge in [0.25, 0.3) is 5.91 Å². The summed E-state index contributed by atoms with van der Waals surface area (Å²) in [7, 11) is 0. The largest absolute Gasteiger partial charge is 0.481 e. The lowest BCUT2D eigenvalue weighted by molar-refractivity contribution is -0.139. The number of nitrogens with zero attached hydrogens (tertiary/aromatic N) is 1. The van der Waals surface area contributed by atoms with Crippen LogP contribution in [0.2, 0.25) is 0 Å². The van der Waals surface area contributed by atoms with Crippen molar-refractivity contribution in [1.29, 1.82) is 0 Å². The Bertz CT molecular complexity index is 1070. The third-order valence-corrected chi connectivity index (χ3v) is 12.0. The molecule has 1 aliphatic heterocycles. The highest BCUT2D eigenvalue weighted by Gasteiger charge is 2.62. The van der Waals surface area contributed by atoms with Gasteiger partial charge in [0, 0.05) is 12.6 Å². The van der Waals surface area contributed by atoms with Gasteiger partial charge in [-0.3, -0.25) is 9.59 Å². The van der Waals surface area contributed by atoms with Crippen molar-refractivity contribution in [2.75, 3.05) is 13.2 Å². The minimum atomic E-state index is -0.928. The number of aliphatic hydroxyl groups is 1. The SMILES string of the molecule is CC1(C)C[C@@H]([C@H](CC(=O)O)NC(=O)CO/N=C2/C=C3CC[C@H]4[C@H]5CC[C@](C)(O)[C@@]5(C)CC[C@@H]4[C@@]3(C)CC2)CCO1. The Balaban J connectivity index is 1.19. The summed E-state index contributed by atoms with van der Waals surface area (Å²) in [5, 5.41) is 27.8. The number of oxime groups is 1. The van der Waals surface area contributed by atoms with E-state index in [1.54, 1.807) is 0 Å². The van der Waals surface area contributed by atoms with Gasteiger partial charge in [0.15, 0.2) is 6.61 Å². The number of aliphatic carboxylic acids is 1. The van der Waals surface area contributed by atoms with E-state index in [2.05, 4.69) is 37.3 Å². The minimum Gasteiger partial charge on any atom is -0.481 e. The summed E-state index contributed by atoms with van der Waals surface area (Å²) in [5.41, 5.74) is 1.66. The predicted octanol–water partition coefficient (Wildman–Crippen LogP) is 5.24. The van der Waals surface area contributed by atoms with E-state index in [0.717, 1.165) is 50.7 Å². The molecule has 5 aliphatic rings. The average molecular weight is 559 g/mol. The molecule has 0 spiro atoms. The van der Waals surface area contributed by atoms with Crippen LogP contribution in [0.4, 0.5) is 0 Å². The molecule has 40 heavy (non-hydrogen) atoms. The van der Waals surface area contributed by atoms with E-state index in [1.807, 2.05) is 13.8 Å². The van der Waals surface area contributed by atoms with Crippen LogP contribution < -0.4 is 5.32 Å². The smallest absolute Gasteiger partial charge is 0.305 e. The molecule has 1 amide bonds. The molecule has 0 bridgehead atoms. The van der Waals surface area contributed by atoms with Gasteiger partial charge in [-0.2, -0.15) is 0 Å². The number of carbonyl (C=O) groups is 2. The first-order chi connectivity index (χ1) is 18.7. The van der Waals surface area contributed by atoms with Crippen LogP contribution >= 0.6 is 0 Å². The van der Waals surface area contributed by atoms with E-state index in [-0.39, 0.29) is 41.3 Å². The standard InChI is InChI=1S/C32H50N2O6/c1-29(2)18-20(11-15-39-29)26(17-28(36)37)33-27(35)19-40-34-22-8-12-30(3)21(16-22)6-7-23-24(30)9-13-31(4)25(23)10-14-32(31,5)38/h16,20,23-26,38H,6-15,17-19H2,1-5H3,(H,33,35)(H,36,37)/b34-22+/t20-,23+,24-,25+,26-,30-,31-,32-/m0/s1. The Morgan fingerprint density at radius 3 is 2.55 bits per heavy atom. The lowest BCUT2D eigenvalue weighted by Gasteiger charge is -2.59. The molecule has 1 saturated heterocycles. The lowest BCUT2D eigenvalue weighted by atomic mass is 9.46. The zero-order valence-electron chi connectivity index (χ0n) is 25.1. The summed E-state index contributed by atoms with van der Waals surface area (Å²) in [6.07, 6.45) is 11.9. The molecule has 4 aliphatic carbocycles. The second kappa shape index (κ2) is 10.7. The minimum absolute atomic E-state index is 0.0336. The van der Waals surface area contributed by atoms with E-state index in [1.165, 1.54) is 18.4 Å². The van der Waals surface area contributed by atoms with Gasteiger partial charge in [-0.15, -0.1) is 0 Å². The van der Waals surface area contributed by atoms with Gasteiger partial charge in [0.2, 0.25) is 0 Å². The van der Waals surface area contributed by atoms with Crippen LogP contribution in [0.15, 0.2) is 16.8 Å². The van der Waals surface area contributed by atoms with Gasteiger partial charge in [-0.25, -0.2) is 0 Å². The second-order valence-electron chi connectivity index (χ2n) is 14.8. The van der Waals surface area contributed by atoms with Gasteiger partial charge in [-0.05, 0) is 126 Å². The number of carboxylic acid groups (broad SMARTS) is 1. The maximum atomic E-state index is 12.7. The normalized spacial score (nSPS) is 42.1. The molecule has 5 rings (SSSR count). The number of ether oxygens (including phenoxy) is 1. The molecule has 1 heterocycles. The van der Waals surface area contributed by atoms with Gasteiger partial charge in [0.05, 0.1) is 23.3 Å². The number of carbonyl (C=O) groups excluding carboxylic acids is 1. The molecule has 8 heteroatoms. The van der Waals surface area contributed by atoms with Crippen molar-refractivity contribution in [3.8, 4) is 0 Å². The zero-order valence-corrected chi connectivity index (χ0v) is 25.1. The van der Waals surface area contributed by atoms with Gasteiger partial charge >= 0.3 is 5.97 Å². The monoisotopic (exact) mass is 558 g/mol. The first kappa shape index (κ1) is 29.6. The molecule has 4 fully saturated rings. The van der Waals surface area contributed by atoms with E-state index in [9.17, 15) is 19.8 Å². The van der Waals surface area contributed by atoms with Gasteiger partial charge in [-0.1, -0.05) is 24.6 Å². The van der Waals surface area contributed by atoms with Crippen LogP contribution in [0.5, 0.6) is 0 Å². The van der Waals surface area contributed by atoms with E-state index in [4.69, 9.17) is 9.57 Å². The summed E-state index contributed by atoms with van der Waals surface area (Å²) in [5.74, 6) is 0.699. The van der Waals surface area contributed by atoms with Crippen LogP contribution in [0.1, 0.15) is 105 Å². The molecule has 0 radical (unpaired) electrons. The summed E-state index contributed by atoms with van der Waals surface area (Å²) in [4.78, 5) is 29.7. The van der Waals surface area contributed by atoms with Crippen LogP contribution in [-0.4, -0.2) is 58.3 Å². The van der Waals surface area contributed by atoms with Crippen LogP contribution in [-0.2, 0) is 19.2 Å². The third kappa shape index (κ3) is 5.47. The van der Waals surface area contributed by atoms with Crippen LogP contribution in [0.3, 0.4) is 0 Å². The molecule has 3 N–H and O–H groups in total. The fraction of sp³-hybridized carbons (Fsp3) is 0.844. The molecule has 3 saturated carbocycles. The number of allylic oxidation sites excluding steroid dienone is 2. The average Bonchev–Trinajstić information content (AvgIpc) is 3.11. The number of carboxylic acids is 1. The van der Waals surface area contributed by atoms with Crippen molar-refractivity contribution in [3.05, 3.63) is 11.6 Å². The molecule has 0 aromatic rings. The predicted molar refractivity (Wildman–Crippen MR) is 153 cm³/mol. The first-order valence-corrected chi connectivity index (χ1v) is 15.5. The Kier molecular flexibility index (Phi) is 7.92. The molecule has 8 nitrogen and oxygen atoms in total. The van der Waals surface area contributed by atoms with Crippen molar-refractivity contribution in [2.24, 2.45) is 39.7 Å². The van der Waals surface area contributed by atoms with Crippen molar-refractivity contribution in [1.82, 2.24) is 5.32 Å². The van der Waals surface area contributed by atoms with Crippen LogP contribution in [0.25, 0.3) is 0 Å². The van der Waals surface area contributed by atoms with E-state index >= 15 is 0 Å². The van der Waals surface area contributed by atoms with Gasteiger partial charge < -0.3 is 25.1 Å². The van der Waals surface area contributed by atoms with Crippen LogP contribution in [0, 0.1) is 34.5 Å². The van der Waals surface area contributed by atoms with Gasteiger partial charge in [0.1, 0.15) is 0 Å². The van der Waals surface area contributed by atoms with Crippen molar-refractivity contribution in [3.63, 3.8) is 0 Å². The molecular weight excluding hydrogens is 508 g/mol. The van der Waals surface area contributed by atoms with Crippen molar-refractivity contribution in [2.45, 2.75) is 122 Å². The second-order valence-corrected chi connectivity index (χ2v) is 14.8. The molecule has 0 aromatic heterocycles. The summed E-state index contributed by atoms with van der Waals surface area (Å²) >= 11 is 0. The number of rotatable bonds is 7. The van der Waals surface area contributed by atoms with E-state index in [0.29, 0.717) is 30.8 Å². The van der Waals surface area contributed by atoms with E-state index < -0.39 is 17.6 Å². The summed E-state index contributed by atoms with van der Waals surface area (Å²) in [6, 6.07) is -0.460. The number of hydrogen-bond acceptors (Lipinski definition) is 6.